The van der Waals surface area contributed by atoms with Crippen LogP contribution >= 0.6 is 15.9 Å². The maximum atomic E-state index is 9.61. The van der Waals surface area contributed by atoms with E-state index in [4.69, 9.17) is 4.74 Å². The van der Waals surface area contributed by atoms with Gasteiger partial charge in [0.05, 0.1) is 11.8 Å². The van der Waals surface area contributed by atoms with Gasteiger partial charge in [-0.3, -0.25) is 4.98 Å². The number of aliphatic hydroxyl groups excluding tert-OH is 1. The molecule has 1 fully saturated rings. The molecule has 24 heavy (non-hydrogen) atoms. The summed E-state index contributed by atoms with van der Waals surface area (Å²) < 4.78 is 7.02. The number of nitrogens with zero attached hydrogens (tertiary/aromatic N) is 1. The molecule has 1 saturated carbocycles. The zero-order valence-electron chi connectivity index (χ0n) is 13.6. The Morgan fingerprint density at radius 2 is 2.00 bits per heavy atom. The zero-order valence-corrected chi connectivity index (χ0v) is 15.2. The number of hydrogen-bond acceptors (Lipinski definition) is 4. The number of rotatable bonds is 6. The van der Waals surface area contributed by atoms with Crippen LogP contribution in [0.15, 0.2) is 47.1 Å². The van der Waals surface area contributed by atoms with Gasteiger partial charge in [0.1, 0.15) is 12.4 Å². The lowest BCUT2D eigenvalue weighted by molar-refractivity contribution is 0.116. The SMILES string of the molecule is OC1CCC(NCc2cc(Br)ccc2OCc2ccccn2)CC1. The van der Waals surface area contributed by atoms with E-state index in [0.717, 1.165) is 53.7 Å². The summed E-state index contributed by atoms with van der Waals surface area (Å²) in [4.78, 5) is 4.29. The Morgan fingerprint density at radius 1 is 1.17 bits per heavy atom. The molecule has 0 amide bonds. The monoisotopic (exact) mass is 390 g/mol. The molecule has 1 aromatic carbocycles. The van der Waals surface area contributed by atoms with Gasteiger partial charge in [-0.25, -0.2) is 0 Å². The van der Waals surface area contributed by atoms with Crippen LogP contribution in [0.2, 0.25) is 0 Å². The number of pyridine rings is 1. The molecule has 0 saturated heterocycles. The Hall–Kier alpha value is -1.43. The van der Waals surface area contributed by atoms with E-state index in [-0.39, 0.29) is 6.10 Å². The molecule has 0 radical (unpaired) electrons. The first-order chi connectivity index (χ1) is 11.7. The van der Waals surface area contributed by atoms with E-state index in [1.54, 1.807) is 6.20 Å². The number of halogens is 1. The first-order valence-electron chi connectivity index (χ1n) is 8.43. The highest BCUT2D eigenvalue weighted by atomic mass is 79.9. The van der Waals surface area contributed by atoms with Crippen molar-refractivity contribution in [3.05, 3.63) is 58.3 Å². The quantitative estimate of drug-likeness (QED) is 0.786. The Morgan fingerprint density at radius 3 is 2.75 bits per heavy atom. The fourth-order valence-corrected chi connectivity index (χ4v) is 3.40. The van der Waals surface area contributed by atoms with Crippen molar-refractivity contribution in [2.24, 2.45) is 0 Å². The van der Waals surface area contributed by atoms with E-state index in [2.05, 4.69) is 32.3 Å². The molecule has 0 bridgehead atoms. The van der Waals surface area contributed by atoms with Crippen LogP contribution in [-0.4, -0.2) is 22.2 Å². The van der Waals surface area contributed by atoms with Crippen molar-refractivity contribution in [3.8, 4) is 5.75 Å². The van der Waals surface area contributed by atoms with E-state index >= 15 is 0 Å². The standard InChI is InChI=1S/C19H23BrN2O2/c20-15-4-9-19(24-13-17-3-1-2-10-21-17)14(11-15)12-22-16-5-7-18(23)8-6-16/h1-4,9-11,16,18,22-23H,5-8,12-13H2. The Labute approximate surface area is 151 Å². The molecule has 1 aliphatic carbocycles. The smallest absolute Gasteiger partial charge is 0.130 e. The summed E-state index contributed by atoms with van der Waals surface area (Å²) >= 11 is 3.54. The van der Waals surface area contributed by atoms with Crippen molar-refractivity contribution < 1.29 is 9.84 Å². The highest BCUT2D eigenvalue weighted by molar-refractivity contribution is 9.10. The first kappa shape index (κ1) is 17.4. The molecule has 1 aliphatic rings. The maximum absolute atomic E-state index is 9.61. The van der Waals surface area contributed by atoms with Crippen molar-refractivity contribution in [1.82, 2.24) is 10.3 Å². The largest absolute Gasteiger partial charge is 0.487 e. The second kappa shape index (κ2) is 8.60. The predicted octanol–water partition coefficient (Wildman–Crippen LogP) is 3.82. The van der Waals surface area contributed by atoms with Crippen LogP contribution in [0.5, 0.6) is 5.75 Å². The van der Waals surface area contributed by atoms with Crippen molar-refractivity contribution in [3.63, 3.8) is 0 Å². The predicted molar refractivity (Wildman–Crippen MR) is 97.8 cm³/mol. The molecule has 0 unspecified atom stereocenters. The van der Waals surface area contributed by atoms with E-state index in [9.17, 15) is 5.11 Å². The van der Waals surface area contributed by atoms with Gasteiger partial charge in [-0.05, 0) is 56.0 Å². The van der Waals surface area contributed by atoms with Crippen LogP contribution in [0.25, 0.3) is 0 Å². The van der Waals surface area contributed by atoms with Crippen molar-refractivity contribution in [2.45, 2.75) is 51.0 Å². The third-order valence-electron chi connectivity index (χ3n) is 4.40. The molecule has 0 aliphatic heterocycles. The van der Waals surface area contributed by atoms with Gasteiger partial charge in [0.2, 0.25) is 0 Å². The zero-order chi connectivity index (χ0) is 16.8. The molecular weight excluding hydrogens is 368 g/mol. The summed E-state index contributed by atoms with van der Waals surface area (Å²) in [6.45, 7) is 1.23. The van der Waals surface area contributed by atoms with Gasteiger partial charge >= 0.3 is 0 Å². The van der Waals surface area contributed by atoms with Gasteiger partial charge in [-0.15, -0.1) is 0 Å². The molecule has 5 heteroatoms. The molecule has 3 rings (SSSR count). The third-order valence-corrected chi connectivity index (χ3v) is 4.90. The molecule has 2 aromatic rings. The Bertz CT molecular complexity index is 643. The lowest BCUT2D eigenvalue weighted by Crippen LogP contribution is -2.34. The number of aliphatic hydroxyl groups is 1. The average Bonchev–Trinajstić information content (AvgIpc) is 2.61. The topological polar surface area (TPSA) is 54.4 Å². The number of hydrogen-bond donors (Lipinski definition) is 2. The highest BCUT2D eigenvalue weighted by Gasteiger charge is 2.19. The van der Waals surface area contributed by atoms with Crippen LogP contribution in [0, 0.1) is 0 Å². The lowest BCUT2D eigenvalue weighted by Gasteiger charge is -2.26. The van der Waals surface area contributed by atoms with Gasteiger partial charge in [0.25, 0.3) is 0 Å². The highest BCUT2D eigenvalue weighted by Crippen LogP contribution is 2.25. The Kier molecular flexibility index (Phi) is 6.24. The fraction of sp³-hybridized carbons (Fsp3) is 0.421. The molecule has 2 N–H and O–H groups in total. The van der Waals surface area contributed by atoms with Crippen LogP contribution in [0.3, 0.4) is 0 Å². The van der Waals surface area contributed by atoms with Gasteiger partial charge < -0.3 is 15.2 Å². The van der Waals surface area contributed by atoms with Crippen molar-refractivity contribution in [2.75, 3.05) is 0 Å². The summed E-state index contributed by atoms with van der Waals surface area (Å²) in [5, 5.41) is 13.2. The normalized spacial score (nSPS) is 20.8. The molecule has 1 aromatic heterocycles. The molecule has 0 spiro atoms. The molecule has 128 valence electrons. The minimum atomic E-state index is -0.119. The molecular formula is C19H23BrN2O2. The average molecular weight is 391 g/mol. The van der Waals surface area contributed by atoms with Crippen LogP contribution in [-0.2, 0) is 13.2 Å². The van der Waals surface area contributed by atoms with E-state index in [0.29, 0.717) is 12.6 Å². The summed E-state index contributed by atoms with van der Waals surface area (Å²) in [5.41, 5.74) is 2.05. The summed E-state index contributed by atoms with van der Waals surface area (Å²) in [6.07, 6.45) is 5.49. The lowest BCUT2D eigenvalue weighted by atomic mass is 9.93. The summed E-state index contributed by atoms with van der Waals surface area (Å²) in [5.74, 6) is 0.882. The van der Waals surface area contributed by atoms with E-state index in [1.165, 1.54) is 0 Å². The Balaban J connectivity index is 1.60. The number of aromatic nitrogens is 1. The fourth-order valence-electron chi connectivity index (χ4n) is 3.00. The minimum absolute atomic E-state index is 0.119. The number of nitrogens with one attached hydrogen (secondary N) is 1. The number of benzene rings is 1. The third kappa shape index (κ3) is 5.03. The number of ether oxygens (including phenoxy) is 1. The molecule has 4 nitrogen and oxygen atoms in total. The van der Waals surface area contributed by atoms with Gasteiger partial charge in [-0.1, -0.05) is 22.0 Å². The van der Waals surface area contributed by atoms with Crippen LogP contribution in [0.4, 0.5) is 0 Å². The maximum Gasteiger partial charge on any atom is 0.130 e. The van der Waals surface area contributed by atoms with Gasteiger partial charge in [0.15, 0.2) is 0 Å². The van der Waals surface area contributed by atoms with E-state index < -0.39 is 0 Å². The van der Waals surface area contributed by atoms with Gasteiger partial charge in [0, 0.05) is 28.8 Å². The first-order valence-corrected chi connectivity index (χ1v) is 9.22. The summed E-state index contributed by atoms with van der Waals surface area (Å²) in [6, 6.07) is 12.4. The van der Waals surface area contributed by atoms with Crippen molar-refractivity contribution >= 4 is 15.9 Å². The molecule has 0 atom stereocenters. The van der Waals surface area contributed by atoms with Crippen LogP contribution < -0.4 is 10.1 Å². The van der Waals surface area contributed by atoms with E-state index in [1.807, 2.05) is 30.3 Å². The second-order valence-corrected chi connectivity index (χ2v) is 7.16. The minimum Gasteiger partial charge on any atom is -0.487 e. The van der Waals surface area contributed by atoms with Crippen LogP contribution in [0.1, 0.15) is 36.9 Å². The molecule has 1 heterocycles. The summed E-state index contributed by atoms with van der Waals surface area (Å²) in [7, 11) is 0. The second-order valence-electron chi connectivity index (χ2n) is 6.25. The van der Waals surface area contributed by atoms with Crippen molar-refractivity contribution in [1.29, 1.82) is 0 Å². The van der Waals surface area contributed by atoms with Gasteiger partial charge in [-0.2, -0.15) is 0 Å².